The fraction of sp³-hybridized carbons (Fsp3) is 0.625. The lowest BCUT2D eigenvalue weighted by molar-refractivity contribution is 0.405. The summed E-state index contributed by atoms with van der Waals surface area (Å²) in [6.07, 6.45) is 0.929. The third-order valence-corrected chi connectivity index (χ3v) is 2.06. The number of hydrogen-bond donors (Lipinski definition) is 1. The minimum absolute atomic E-state index is 0.147. The number of thiazole rings is 1. The van der Waals surface area contributed by atoms with Crippen LogP contribution < -0.4 is 0 Å². The third kappa shape index (κ3) is 2.89. The minimum Gasteiger partial charge on any atom is -0.493 e. The van der Waals surface area contributed by atoms with E-state index in [9.17, 15) is 0 Å². The molecule has 0 aromatic carbocycles. The molecule has 3 heteroatoms. The fourth-order valence-corrected chi connectivity index (χ4v) is 1.79. The zero-order valence-corrected chi connectivity index (χ0v) is 7.90. The van der Waals surface area contributed by atoms with Crippen molar-refractivity contribution in [3.05, 3.63) is 10.4 Å². The van der Waals surface area contributed by atoms with Gasteiger partial charge in [-0.15, -0.1) is 11.3 Å². The molecule has 0 saturated heterocycles. The van der Waals surface area contributed by atoms with Crippen LogP contribution in [0.1, 0.15) is 25.8 Å². The molecule has 0 bridgehead atoms. The molecule has 1 N–H and O–H groups in total. The smallest absolute Gasteiger partial charge is 0.222 e. The van der Waals surface area contributed by atoms with E-state index in [2.05, 4.69) is 25.8 Å². The Kier molecular flexibility index (Phi) is 2.18. The van der Waals surface area contributed by atoms with Gasteiger partial charge in [-0.05, 0) is 5.41 Å². The summed E-state index contributed by atoms with van der Waals surface area (Å²) in [6.45, 7) is 6.47. The van der Waals surface area contributed by atoms with Gasteiger partial charge in [0.1, 0.15) is 0 Å². The molecule has 11 heavy (non-hydrogen) atoms. The first-order chi connectivity index (χ1) is 4.97. The topological polar surface area (TPSA) is 33.1 Å². The summed E-state index contributed by atoms with van der Waals surface area (Å²) in [5, 5.41) is 11.6. The summed E-state index contributed by atoms with van der Waals surface area (Å²) in [4.78, 5) is 3.97. The van der Waals surface area contributed by atoms with Crippen molar-refractivity contribution in [2.24, 2.45) is 5.41 Å². The monoisotopic (exact) mass is 171 g/mol. The van der Waals surface area contributed by atoms with Crippen LogP contribution >= 0.6 is 11.3 Å². The zero-order valence-electron chi connectivity index (χ0n) is 7.09. The van der Waals surface area contributed by atoms with E-state index in [0.717, 1.165) is 11.4 Å². The van der Waals surface area contributed by atoms with Gasteiger partial charge in [-0.2, -0.15) is 0 Å². The molecule has 0 unspecified atom stereocenters. The van der Waals surface area contributed by atoms with Crippen LogP contribution in [0, 0.1) is 5.41 Å². The van der Waals surface area contributed by atoms with Crippen molar-refractivity contribution in [1.29, 1.82) is 0 Å². The largest absolute Gasteiger partial charge is 0.493 e. The lowest BCUT2D eigenvalue weighted by atomic mass is 9.93. The maximum atomic E-state index is 8.95. The highest BCUT2D eigenvalue weighted by Crippen LogP contribution is 2.24. The molecule has 0 fully saturated rings. The maximum Gasteiger partial charge on any atom is 0.222 e. The number of rotatable bonds is 1. The predicted molar refractivity (Wildman–Crippen MR) is 46.9 cm³/mol. The number of hydrogen-bond acceptors (Lipinski definition) is 3. The predicted octanol–water partition coefficient (Wildman–Crippen LogP) is 2.44. The van der Waals surface area contributed by atoms with E-state index < -0.39 is 0 Å². The van der Waals surface area contributed by atoms with Gasteiger partial charge in [-0.1, -0.05) is 20.8 Å². The second-order valence-corrected chi connectivity index (χ2v) is 4.78. The highest BCUT2D eigenvalue weighted by molar-refractivity contribution is 7.09. The molecule has 1 rings (SSSR count). The molecule has 0 spiro atoms. The summed E-state index contributed by atoms with van der Waals surface area (Å²) in [5.74, 6) is 0.147. The van der Waals surface area contributed by atoms with Crippen LogP contribution in [0.3, 0.4) is 0 Å². The summed E-state index contributed by atoms with van der Waals surface area (Å²) in [6, 6.07) is 0. The van der Waals surface area contributed by atoms with E-state index in [1.807, 2.05) is 0 Å². The first kappa shape index (κ1) is 8.53. The second kappa shape index (κ2) is 2.81. The molecule has 0 aliphatic rings. The SMILES string of the molecule is CC(C)(C)Cc1nc(O)cs1. The van der Waals surface area contributed by atoms with Crippen LogP contribution in [0.2, 0.25) is 0 Å². The van der Waals surface area contributed by atoms with Gasteiger partial charge in [0.05, 0.1) is 10.4 Å². The van der Waals surface area contributed by atoms with E-state index in [-0.39, 0.29) is 11.3 Å². The van der Waals surface area contributed by atoms with Gasteiger partial charge in [0, 0.05) is 6.42 Å². The Balaban J connectivity index is 2.65. The minimum atomic E-state index is 0.147. The lowest BCUT2D eigenvalue weighted by Gasteiger charge is -2.15. The summed E-state index contributed by atoms with van der Waals surface area (Å²) in [5.41, 5.74) is 0.254. The molecule has 2 nitrogen and oxygen atoms in total. The van der Waals surface area contributed by atoms with Gasteiger partial charge in [0.2, 0.25) is 5.88 Å². The molecule has 0 saturated carbocycles. The van der Waals surface area contributed by atoms with Crippen molar-refractivity contribution in [2.75, 3.05) is 0 Å². The third-order valence-electron chi connectivity index (χ3n) is 1.22. The number of aromatic nitrogens is 1. The van der Waals surface area contributed by atoms with Crippen LogP contribution in [0.15, 0.2) is 5.38 Å². The Morgan fingerprint density at radius 3 is 2.55 bits per heavy atom. The molecular weight excluding hydrogens is 158 g/mol. The Morgan fingerprint density at radius 2 is 2.18 bits per heavy atom. The molecule has 0 aliphatic carbocycles. The molecule has 0 amide bonds. The van der Waals surface area contributed by atoms with Crippen molar-refractivity contribution in [1.82, 2.24) is 4.98 Å². The zero-order chi connectivity index (χ0) is 8.48. The molecule has 0 aliphatic heterocycles. The van der Waals surface area contributed by atoms with E-state index in [4.69, 9.17) is 5.11 Å². The first-order valence-corrected chi connectivity index (χ1v) is 4.49. The number of aromatic hydroxyl groups is 1. The molecule has 0 radical (unpaired) electrons. The fourth-order valence-electron chi connectivity index (χ4n) is 0.836. The van der Waals surface area contributed by atoms with Crippen molar-refractivity contribution >= 4 is 11.3 Å². The normalized spacial score (nSPS) is 11.9. The Morgan fingerprint density at radius 1 is 1.55 bits per heavy atom. The molecule has 1 aromatic heterocycles. The quantitative estimate of drug-likeness (QED) is 0.704. The van der Waals surface area contributed by atoms with Crippen LogP contribution in [0.25, 0.3) is 0 Å². The summed E-state index contributed by atoms with van der Waals surface area (Å²) in [7, 11) is 0. The highest BCUT2D eigenvalue weighted by atomic mass is 32.1. The van der Waals surface area contributed by atoms with Gasteiger partial charge < -0.3 is 5.11 Å². The maximum absolute atomic E-state index is 8.95. The summed E-state index contributed by atoms with van der Waals surface area (Å²) >= 11 is 1.52. The van der Waals surface area contributed by atoms with E-state index in [0.29, 0.717) is 0 Å². The molecular formula is C8H13NOS. The Bertz CT molecular complexity index is 236. The average Bonchev–Trinajstić information content (AvgIpc) is 2.10. The molecule has 0 atom stereocenters. The van der Waals surface area contributed by atoms with Crippen LogP contribution in [-0.4, -0.2) is 10.1 Å². The second-order valence-electron chi connectivity index (χ2n) is 3.84. The van der Waals surface area contributed by atoms with Crippen molar-refractivity contribution in [2.45, 2.75) is 27.2 Å². The standard InChI is InChI=1S/C8H13NOS/c1-8(2,3)4-7-9-6(10)5-11-7/h5,10H,4H2,1-3H3. The van der Waals surface area contributed by atoms with Gasteiger partial charge in [-0.25, -0.2) is 4.98 Å². The molecule has 1 heterocycles. The Hall–Kier alpha value is -0.570. The average molecular weight is 171 g/mol. The molecule has 1 aromatic rings. The van der Waals surface area contributed by atoms with Gasteiger partial charge >= 0.3 is 0 Å². The molecule has 62 valence electrons. The number of nitrogens with zero attached hydrogens (tertiary/aromatic N) is 1. The highest BCUT2D eigenvalue weighted by Gasteiger charge is 2.13. The van der Waals surface area contributed by atoms with Crippen LogP contribution in [0.4, 0.5) is 0 Å². The van der Waals surface area contributed by atoms with Crippen molar-refractivity contribution in [3.8, 4) is 5.88 Å². The van der Waals surface area contributed by atoms with Gasteiger partial charge in [-0.3, -0.25) is 0 Å². The van der Waals surface area contributed by atoms with Gasteiger partial charge in [0.15, 0.2) is 0 Å². The van der Waals surface area contributed by atoms with Crippen molar-refractivity contribution in [3.63, 3.8) is 0 Å². The lowest BCUT2D eigenvalue weighted by Crippen LogP contribution is -2.08. The van der Waals surface area contributed by atoms with Crippen molar-refractivity contribution < 1.29 is 5.11 Å². The van der Waals surface area contributed by atoms with Gasteiger partial charge in [0.25, 0.3) is 0 Å². The van der Waals surface area contributed by atoms with E-state index >= 15 is 0 Å². The van der Waals surface area contributed by atoms with E-state index in [1.54, 1.807) is 5.38 Å². The van der Waals surface area contributed by atoms with Crippen LogP contribution in [0.5, 0.6) is 5.88 Å². The Labute approximate surface area is 70.9 Å². The van der Waals surface area contributed by atoms with E-state index in [1.165, 1.54) is 11.3 Å². The summed E-state index contributed by atoms with van der Waals surface area (Å²) < 4.78 is 0. The first-order valence-electron chi connectivity index (χ1n) is 3.61. The van der Waals surface area contributed by atoms with Crippen LogP contribution in [-0.2, 0) is 6.42 Å².